The van der Waals surface area contributed by atoms with Crippen LogP contribution in [0.4, 0.5) is 0 Å². The Morgan fingerprint density at radius 2 is 1.70 bits per heavy atom. The number of hydrogen-bond acceptors (Lipinski definition) is 4. The smallest absolute Gasteiger partial charge is 0.214 e. The quantitative estimate of drug-likeness (QED) is 0.754. The molecule has 0 bridgehead atoms. The first-order valence-corrected chi connectivity index (χ1v) is 9.46. The molecule has 2 saturated heterocycles. The van der Waals surface area contributed by atoms with Crippen LogP contribution < -0.4 is 0 Å². The molecule has 1 unspecified atom stereocenters. The summed E-state index contributed by atoms with van der Waals surface area (Å²) in [6.45, 7) is 9.54. The molecule has 5 nitrogen and oxygen atoms in total. The average Bonchev–Trinajstić information content (AvgIpc) is 2.82. The molecule has 0 amide bonds. The molecule has 2 aliphatic rings. The third-order valence-electron chi connectivity index (χ3n) is 4.95. The van der Waals surface area contributed by atoms with E-state index in [1.807, 2.05) is 6.92 Å². The Bertz CT molecular complexity index is 418. The van der Waals surface area contributed by atoms with E-state index < -0.39 is 10.0 Å². The maximum absolute atomic E-state index is 12.1. The fourth-order valence-electron chi connectivity index (χ4n) is 3.66. The fraction of sp³-hybridized carbons (Fsp3) is 1.00. The van der Waals surface area contributed by atoms with E-state index in [1.165, 1.54) is 6.42 Å². The Hall–Kier alpha value is -0.170. The minimum absolute atomic E-state index is 0.273. The molecule has 2 fully saturated rings. The minimum atomic E-state index is -3.02. The number of likely N-dealkylation sites (tertiary alicyclic amines) is 1. The third kappa shape index (κ3) is 3.18. The average molecular weight is 303 g/mol. The summed E-state index contributed by atoms with van der Waals surface area (Å²) in [5.74, 6) is 0.286. The van der Waals surface area contributed by atoms with Crippen LogP contribution in [0.2, 0.25) is 0 Å². The van der Waals surface area contributed by atoms with E-state index in [9.17, 15) is 8.42 Å². The van der Waals surface area contributed by atoms with Crippen molar-refractivity contribution in [3.63, 3.8) is 0 Å². The van der Waals surface area contributed by atoms with Gasteiger partial charge >= 0.3 is 0 Å². The van der Waals surface area contributed by atoms with Gasteiger partial charge in [0.05, 0.1) is 5.75 Å². The van der Waals surface area contributed by atoms with Gasteiger partial charge in [-0.2, -0.15) is 4.31 Å². The summed E-state index contributed by atoms with van der Waals surface area (Å²) in [5, 5.41) is 0. The van der Waals surface area contributed by atoms with Gasteiger partial charge in [0.25, 0.3) is 0 Å². The van der Waals surface area contributed by atoms with E-state index in [1.54, 1.807) is 4.31 Å². The Morgan fingerprint density at radius 1 is 1.05 bits per heavy atom. The van der Waals surface area contributed by atoms with Gasteiger partial charge < -0.3 is 4.90 Å². The summed E-state index contributed by atoms with van der Waals surface area (Å²) in [6, 6.07) is 0. The van der Waals surface area contributed by atoms with Crippen molar-refractivity contribution >= 4 is 10.0 Å². The summed E-state index contributed by atoms with van der Waals surface area (Å²) in [7, 11) is -0.841. The predicted octanol–water partition coefficient (Wildman–Crippen LogP) is 0.828. The van der Waals surface area contributed by atoms with Crippen LogP contribution in [0.5, 0.6) is 0 Å². The van der Waals surface area contributed by atoms with Crippen LogP contribution >= 0.6 is 0 Å². The summed E-state index contributed by atoms with van der Waals surface area (Å²) in [6.07, 6.45) is 3.06. The molecule has 2 heterocycles. The van der Waals surface area contributed by atoms with E-state index in [4.69, 9.17) is 0 Å². The summed E-state index contributed by atoms with van der Waals surface area (Å²) >= 11 is 0. The van der Waals surface area contributed by atoms with Gasteiger partial charge in [0.2, 0.25) is 10.0 Å². The van der Waals surface area contributed by atoms with Crippen molar-refractivity contribution in [2.24, 2.45) is 0 Å². The van der Waals surface area contributed by atoms with Gasteiger partial charge in [0.15, 0.2) is 0 Å². The highest BCUT2D eigenvalue weighted by atomic mass is 32.2. The predicted molar refractivity (Wildman–Crippen MR) is 82.4 cm³/mol. The topological polar surface area (TPSA) is 43.9 Å². The first-order valence-electron chi connectivity index (χ1n) is 7.85. The molecule has 0 aliphatic carbocycles. The summed E-state index contributed by atoms with van der Waals surface area (Å²) in [5.41, 5.74) is 0.273. The number of hydrogen-bond donors (Lipinski definition) is 0. The highest BCUT2D eigenvalue weighted by molar-refractivity contribution is 7.89. The van der Waals surface area contributed by atoms with Gasteiger partial charge in [-0.1, -0.05) is 13.8 Å². The molecule has 0 aromatic rings. The summed E-state index contributed by atoms with van der Waals surface area (Å²) < 4.78 is 25.9. The molecule has 0 aromatic carbocycles. The zero-order chi connectivity index (χ0) is 14.8. The van der Waals surface area contributed by atoms with Crippen molar-refractivity contribution < 1.29 is 8.42 Å². The van der Waals surface area contributed by atoms with E-state index >= 15 is 0 Å². The van der Waals surface area contributed by atoms with E-state index in [0.29, 0.717) is 19.5 Å². The zero-order valence-corrected chi connectivity index (χ0v) is 14.0. The second-order valence-electron chi connectivity index (χ2n) is 6.27. The normalized spacial score (nSPS) is 30.9. The first-order chi connectivity index (χ1) is 9.43. The molecular weight excluding hydrogens is 274 g/mol. The van der Waals surface area contributed by atoms with Crippen LogP contribution in [0.15, 0.2) is 0 Å². The Kier molecular flexibility index (Phi) is 5.10. The Morgan fingerprint density at radius 3 is 2.15 bits per heavy atom. The summed E-state index contributed by atoms with van der Waals surface area (Å²) in [4.78, 5) is 4.93. The molecule has 1 atom stereocenters. The Balaban J connectivity index is 1.97. The molecule has 2 aliphatic heterocycles. The fourth-order valence-corrected chi connectivity index (χ4v) is 5.15. The van der Waals surface area contributed by atoms with Crippen molar-refractivity contribution in [2.75, 3.05) is 52.1 Å². The van der Waals surface area contributed by atoms with Crippen molar-refractivity contribution in [3.05, 3.63) is 0 Å². The number of likely N-dealkylation sites (N-methyl/N-ethyl adjacent to an activating group) is 1. The third-order valence-corrected chi connectivity index (χ3v) is 7.02. The van der Waals surface area contributed by atoms with Crippen molar-refractivity contribution in [1.82, 2.24) is 14.1 Å². The molecule has 2 rings (SSSR count). The number of nitrogens with zero attached hydrogens (tertiary/aromatic N) is 3. The van der Waals surface area contributed by atoms with Gasteiger partial charge in [0.1, 0.15) is 0 Å². The van der Waals surface area contributed by atoms with E-state index in [-0.39, 0.29) is 11.3 Å². The van der Waals surface area contributed by atoms with Gasteiger partial charge in [-0.05, 0) is 32.9 Å². The lowest BCUT2D eigenvalue weighted by atomic mass is 9.92. The lowest BCUT2D eigenvalue weighted by Gasteiger charge is -2.45. The Labute approximate surface area is 124 Å². The van der Waals surface area contributed by atoms with Gasteiger partial charge in [0, 0.05) is 38.3 Å². The van der Waals surface area contributed by atoms with E-state index in [2.05, 4.69) is 23.8 Å². The lowest BCUT2D eigenvalue weighted by Crippen LogP contribution is -2.58. The molecule has 118 valence electrons. The molecule has 20 heavy (non-hydrogen) atoms. The number of sulfonamides is 1. The lowest BCUT2D eigenvalue weighted by molar-refractivity contribution is 0.0570. The van der Waals surface area contributed by atoms with Crippen LogP contribution in [-0.2, 0) is 10.0 Å². The molecule has 0 aromatic heterocycles. The van der Waals surface area contributed by atoms with Crippen molar-refractivity contribution in [1.29, 1.82) is 0 Å². The van der Waals surface area contributed by atoms with Crippen LogP contribution in [0, 0.1) is 0 Å². The van der Waals surface area contributed by atoms with Crippen LogP contribution in [0.25, 0.3) is 0 Å². The molecule has 0 N–H and O–H groups in total. The van der Waals surface area contributed by atoms with Crippen molar-refractivity contribution in [3.8, 4) is 0 Å². The molecule has 6 heteroatoms. The van der Waals surface area contributed by atoms with Gasteiger partial charge in [-0.3, -0.25) is 4.90 Å². The molecular formula is C14H29N3O2S. The van der Waals surface area contributed by atoms with Gasteiger partial charge in [-0.25, -0.2) is 8.42 Å². The molecule has 0 saturated carbocycles. The largest absolute Gasteiger partial charge is 0.304 e. The second-order valence-corrected chi connectivity index (χ2v) is 8.36. The van der Waals surface area contributed by atoms with Crippen LogP contribution in [0.1, 0.15) is 33.1 Å². The SMILES string of the molecule is CCCS(=O)(=O)N1CCN(C2(CC)CCN(C)C2)CC1. The maximum Gasteiger partial charge on any atom is 0.214 e. The number of rotatable bonds is 5. The van der Waals surface area contributed by atoms with Crippen LogP contribution in [-0.4, -0.2) is 80.1 Å². The standard InChI is InChI=1S/C14H29N3O2S/c1-4-12-20(18,19)17-10-8-16(9-11-17)14(5-2)6-7-15(3)13-14/h4-13H2,1-3H3. The van der Waals surface area contributed by atoms with Gasteiger partial charge in [-0.15, -0.1) is 0 Å². The van der Waals surface area contributed by atoms with Crippen molar-refractivity contribution in [2.45, 2.75) is 38.6 Å². The molecule has 0 radical (unpaired) electrons. The van der Waals surface area contributed by atoms with E-state index in [0.717, 1.165) is 32.6 Å². The second kappa shape index (κ2) is 6.30. The zero-order valence-electron chi connectivity index (χ0n) is 13.1. The molecule has 0 spiro atoms. The number of piperazine rings is 1. The minimum Gasteiger partial charge on any atom is -0.304 e. The highest BCUT2D eigenvalue weighted by Crippen LogP contribution is 2.31. The first kappa shape index (κ1) is 16.2. The van der Waals surface area contributed by atoms with Crippen LogP contribution in [0.3, 0.4) is 0 Å². The monoisotopic (exact) mass is 303 g/mol. The maximum atomic E-state index is 12.1. The highest BCUT2D eigenvalue weighted by Gasteiger charge is 2.42.